The Morgan fingerprint density at radius 1 is 1.38 bits per heavy atom. The highest BCUT2D eigenvalue weighted by Gasteiger charge is 2.23. The smallest absolute Gasteiger partial charge is 0.225 e. The molecule has 0 bridgehead atoms. The van der Waals surface area contributed by atoms with E-state index in [0.29, 0.717) is 11.3 Å². The van der Waals surface area contributed by atoms with E-state index in [0.717, 1.165) is 24.0 Å². The van der Waals surface area contributed by atoms with E-state index in [1.165, 1.54) is 0 Å². The van der Waals surface area contributed by atoms with Crippen LogP contribution in [0.5, 0.6) is 0 Å². The molecule has 0 spiro atoms. The number of allylic oxidation sites excluding steroid dienone is 6. The number of rotatable bonds is 1. The zero-order chi connectivity index (χ0) is 9.47. The predicted octanol–water partition coefficient (Wildman–Crippen LogP) is 1.21. The van der Waals surface area contributed by atoms with E-state index < -0.39 is 10.0 Å². The van der Waals surface area contributed by atoms with Crippen molar-refractivity contribution in [3.63, 3.8) is 0 Å². The van der Waals surface area contributed by atoms with Gasteiger partial charge in [0.15, 0.2) is 0 Å². The van der Waals surface area contributed by atoms with Gasteiger partial charge in [0.05, 0.1) is 4.91 Å². The molecule has 3 nitrogen and oxygen atoms in total. The fourth-order valence-corrected chi connectivity index (χ4v) is 2.70. The van der Waals surface area contributed by atoms with Gasteiger partial charge in [-0.3, -0.25) is 0 Å². The average Bonchev–Trinajstić information content (AvgIpc) is 2.48. The Balaban J connectivity index is 2.55. The van der Waals surface area contributed by atoms with Gasteiger partial charge in [0, 0.05) is 6.42 Å². The second-order valence-corrected chi connectivity index (χ2v) is 4.83. The minimum absolute atomic E-state index is 0.402. The first kappa shape index (κ1) is 8.72. The molecular formula is C9H11NO2S. The molecule has 0 atom stereocenters. The van der Waals surface area contributed by atoms with Crippen molar-refractivity contribution < 1.29 is 8.42 Å². The van der Waals surface area contributed by atoms with Crippen molar-refractivity contribution in [1.82, 2.24) is 0 Å². The van der Waals surface area contributed by atoms with E-state index in [-0.39, 0.29) is 0 Å². The highest BCUT2D eigenvalue weighted by atomic mass is 32.2. The highest BCUT2D eigenvalue weighted by molar-refractivity contribution is 7.93. The lowest BCUT2D eigenvalue weighted by molar-refractivity contribution is 0.602. The van der Waals surface area contributed by atoms with Crippen LogP contribution in [-0.4, -0.2) is 8.42 Å². The standard InChI is InChI=1S/C9H11NO2S/c10-13(11,12)9-6-2-4-7-3-1-5-8(7)9/h2-4H,1,5-6H2,(H2,10,11,12). The lowest BCUT2D eigenvalue weighted by atomic mass is 10.0. The highest BCUT2D eigenvalue weighted by Crippen LogP contribution is 2.34. The Labute approximate surface area is 77.7 Å². The van der Waals surface area contributed by atoms with E-state index in [4.69, 9.17) is 5.14 Å². The third kappa shape index (κ3) is 1.47. The van der Waals surface area contributed by atoms with Gasteiger partial charge in [0.1, 0.15) is 0 Å². The summed E-state index contributed by atoms with van der Waals surface area (Å²) in [6.07, 6.45) is 8.05. The maximum atomic E-state index is 11.2. The number of hydrogen-bond donors (Lipinski definition) is 1. The van der Waals surface area contributed by atoms with Crippen molar-refractivity contribution in [2.24, 2.45) is 5.14 Å². The third-order valence-corrected chi connectivity index (χ3v) is 3.49. The molecule has 0 saturated carbocycles. The first-order valence-electron chi connectivity index (χ1n) is 4.21. The zero-order valence-corrected chi connectivity index (χ0v) is 7.97. The fraction of sp³-hybridized carbons (Fsp3) is 0.333. The summed E-state index contributed by atoms with van der Waals surface area (Å²) < 4.78 is 22.4. The van der Waals surface area contributed by atoms with Crippen molar-refractivity contribution >= 4 is 10.0 Å². The topological polar surface area (TPSA) is 60.2 Å². The van der Waals surface area contributed by atoms with Crippen molar-refractivity contribution in [3.8, 4) is 0 Å². The van der Waals surface area contributed by atoms with E-state index in [1.54, 1.807) is 0 Å². The van der Waals surface area contributed by atoms with Crippen molar-refractivity contribution in [2.75, 3.05) is 0 Å². The molecule has 0 aromatic heterocycles. The van der Waals surface area contributed by atoms with Crippen LogP contribution >= 0.6 is 0 Å². The Morgan fingerprint density at radius 2 is 2.15 bits per heavy atom. The molecule has 70 valence electrons. The largest absolute Gasteiger partial charge is 0.234 e. The van der Waals surface area contributed by atoms with Gasteiger partial charge in [0.25, 0.3) is 0 Å². The maximum absolute atomic E-state index is 11.2. The summed E-state index contributed by atoms with van der Waals surface area (Å²) in [6.45, 7) is 0. The molecule has 2 N–H and O–H groups in total. The van der Waals surface area contributed by atoms with Gasteiger partial charge >= 0.3 is 0 Å². The summed E-state index contributed by atoms with van der Waals surface area (Å²) in [4.78, 5) is 0.402. The number of primary sulfonamides is 1. The first-order valence-corrected chi connectivity index (χ1v) is 5.75. The van der Waals surface area contributed by atoms with Crippen LogP contribution in [0.2, 0.25) is 0 Å². The lowest BCUT2D eigenvalue weighted by Gasteiger charge is -2.12. The normalized spacial score (nSPS) is 21.8. The molecule has 0 aliphatic heterocycles. The van der Waals surface area contributed by atoms with Crippen LogP contribution in [0.25, 0.3) is 0 Å². The third-order valence-electron chi connectivity index (χ3n) is 2.39. The van der Waals surface area contributed by atoms with Crippen LogP contribution < -0.4 is 5.14 Å². The van der Waals surface area contributed by atoms with Gasteiger partial charge in [0.2, 0.25) is 10.0 Å². The summed E-state index contributed by atoms with van der Waals surface area (Å²) in [7, 11) is -3.49. The zero-order valence-electron chi connectivity index (χ0n) is 7.16. The molecule has 0 amide bonds. The Kier molecular flexibility index (Phi) is 1.89. The molecule has 0 fully saturated rings. The second kappa shape index (κ2) is 2.82. The molecule has 0 aromatic rings. The van der Waals surface area contributed by atoms with Crippen LogP contribution in [0.15, 0.2) is 34.3 Å². The summed E-state index contributed by atoms with van der Waals surface area (Å²) >= 11 is 0. The summed E-state index contributed by atoms with van der Waals surface area (Å²) in [5, 5.41) is 5.12. The number of fused-ring (bicyclic) bond motifs is 1. The van der Waals surface area contributed by atoms with Crippen LogP contribution in [0, 0.1) is 0 Å². The van der Waals surface area contributed by atoms with Crippen LogP contribution in [0.1, 0.15) is 19.3 Å². The summed E-state index contributed by atoms with van der Waals surface area (Å²) in [5.74, 6) is 0. The van der Waals surface area contributed by atoms with Gasteiger partial charge in [-0.1, -0.05) is 18.2 Å². The predicted molar refractivity (Wildman–Crippen MR) is 51.2 cm³/mol. The van der Waals surface area contributed by atoms with Crippen molar-refractivity contribution in [3.05, 3.63) is 34.3 Å². The van der Waals surface area contributed by atoms with E-state index >= 15 is 0 Å². The SMILES string of the molecule is NS(=O)(=O)C1=C2CCC=C2C=CC1. The Morgan fingerprint density at radius 3 is 2.85 bits per heavy atom. The molecule has 0 heterocycles. The molecule has 4 heteroatoms. The Hall–Kier alpha value is -0.870. The van der Waals surface area contributed by atoms with Crippen molar-refractivity contribution in [1.29, 1.82) is 0 Å². The molecule has 2 aliphatic carbocycles. The molecule has 2 aliphatic rings. The first-order chi connectivity index (χ1) is 6.09. The molecular weight excluding hydrogens is 186 g/mol. The van der Waals surface area contributed by atoms with Gasteiger partial charge in [-0.15, -0.1) is 0 Å². The second-order valence-electron chi connectivity index (χ2n) is 3.25. The van der Waals surface area contributed by atoms with E-state index in [1.807, 2.05) is 12.2 Å². The summed E-state index contributed by atoms with van der Waals surface area (Å²) in [5.41, 5.74) is 1.96. The number of nitrogens with two attached hydrogens (primary N) is 1. The molecule has 0 aromatic carbocycles. The minimum atomic E-state index is -3.49. The molecule has 0 unspecified atom stereocenters. The number of sulfonamides is 1. The molecule has 2 rings (SSSR count). The quantitative estimate of drug-likeness (QED) is 0.686. The monoisotopic (exact) mass is 197 g/mol. The van der Waals surface area contributed by atoms with Gasteiger partial charge < -0.3 is 0 Å². The van der Waals surface area contributed by atoms with Gasteiger partial charge in [-0.05, 0) is 24.0 Å². The van der Waals surface area contributed by atoms with Crippen molar-refractivity contribution in [2.45, 2.75) is 19.3 Å². The maximum Gasteiger partial charge on any atom is 0.234 e. The van der Waals surface area contributed by atoms with Gasteiger partial charge in [-0.2, -0.15) is 0 Å². The van der Waals surface area contributed by atoms with Crippen LogP contribution in [-0.2, 0) is 10.0 Å². The number of hydrogen-bond acceptors (Lipinski definition) is 2. The lowest BCUT2D eigenvalue weighted by Crippen LogP contribution is -2.17. The van der Waals surface area contributed by atoms with E-state index in [2.05, 4.69) is 6.08 Å². The summed E-state index contributed by atoms with van der Waals surface area (Å²) in [6, 6.07) is 0. The molecule has 13 heavy (non-hydrogen) atoms. The van der Waals surface area contributed by atoms with Crippen LogP contribution in [0.3, 0.4) is 0 Å². The Bertz CT molecular complexity index is 427. The van der Waals surface area contributed by atoms with Crippen LogP contribution in [0.4, 0.5) is 0 Å². The fourth-order valence-electron chi connectivity index (χ4n) is 1.81. The average molecular weight is 197 g/mol. The van der Waals surface area contributed by atoms with Gasteiger partial charge in [-0.25, -0.2) is 13.6 Å². The minimum Gasteiger partial charge on any atom is -0.225 e. The molecule has 0 radical (unpaired) electrons. The molecule has 0 saturated heterocycles. The van der Waals surface area contributed by atoms with E-state index in [9.17, 15) is 8.42 Å².